The maximum atomic E-state index is 12.0. The van der Waals surface area contributed by atoms with E-state index in [2.05, 4.69) is 20.9 Å². The van der Waals surface area contributed by atoms with Crippen molar-refractivity contribution in [3.8, 4) is 9.88 Å². The molecule has 0 fully saturated rings. The summed E-state index contributed by atoms with van der Waals surface area (Å²) in [6, 6.07) is 11.6. The molecule has 0 aliphatic carbocycles. The van der Waals surface area contributed by atoms with Crippen molar-refractivity contribution in [1.29, 1.82) is 0 Å². The van der Waals surface area contributed by atoms with E-state index in [1.807, 2.05) is 41.8 Å². The van der Waals surface area contributed by atoms with Crippen molar-refractivity contribution in [2.24, 2.45) is 0 Å². The number of aromatic nitrogens is 1. The van der Waals surface area contributed by atoms with Gasteiger partial charge in [-0.1, -0.05) is 34.1 Å². The summed E-state index contributed by atoms with van der Waals surface area (Å²) in [7, 11) is 0. The molecule has 0 N–H and O–H groups in total. The van der Waals surface area contributed by atoms with Gasteiger partial charge in [0.2, 0.25) is 0 Å². The van der Waals surface area contributed by atoms with Crippen LogP contribution in [0.25, 0.3) is 9.88 Å². The highest BCUT2D eigenvalue weighted by Gasteiger charge is 2.13. The van der Waals surface area contributed by atoms with Crippen molar-refractivity contribution in [3.05, 3.63) is 62.9 Å². The first-order chi connectivity index (χ1) is 10.2. The molecule has 0 radical (unpaired) electrons. The number of hydrogen-bond acceptors (Lipinski definition) is 5. The molecule has 0 saturated carbocycles. The number of thiophene rings is 1. The van der Waals surface area contributed by atoms with Crippen LogP contribution in [0, 0.1) is 0 Å². The van der Waals surface area contributed by atoms with E-state index >= 15 is 0 Å². The molecular weight excluding hydrogens is 370 g/mol. The number of rotatable bonds is 4. The Bertz CT molecular complexity index is 735. The van der Waals surface area contributed by atoms with Crippen LogP contribution in [-0.2, 0) is 11.3 Å². The summed E-state index contributed by atoms with van der Waals surface area (Å²) in [5.74, 6) is -0.392. The summed E-state index contributed by atoms with van der Waals surface area (Å²) in [5.41, 5.74) is 1.31. The smallest absolute Gasteiger partial charge is 0.358 e. The van der Waals surface area contributed by atoms with Crippen LogP contribution in [0.5, 0.6) is 0 Å². The number of nitrogens with zero attached hydrogens (tertiary/aromatic N) is 1. The van der Waals surface area contributed by atoms with Gasteiger partial charge < -0.3 is 4.74 Å². The van der Waals surface area contributed by atoms with E-state index in [0.29, 0.717) is 5.69 Å². The van der Waals surface area contributed by atoms with Crippen LogP contribution in [0.1, 0.15) is 16.1 Å². The highest BCUT2D eigenvalue weighted by molar-refractivity contribution is 9.10. The molecule has 21 heavy (non-hydrogen) atoms. The summed E-state index contributed by atoms with van der Waals surface area (Å²) in [5, 5.41) is 4.57. The molecule has 2 aromatic heterocycles. The first-order valence-corrected chi connectivity index (χ1v) is 8.68. The molecule has 2 heterocycles. The molecule has 106 valence electrons. The number of benzene rings is 1. The SMILES string of the molecule is O=C(OCc1ccc(Br)cc1)c1csc(-c2cccs2)n1. The van der Waals surface area contributed by atoms with E-state index in [4.69, 9.17) is 4.74 Å². The topological polar surface area (TPSA) is 39.2 Å². The number of carbonyl (C=O) groups excluding carboxylic acids is 1. The van der Waals surface area contributed by atoms with E-state index in [-0.39, 0.29) is 6.61 Å². The highest BCUT2D eigenvalue weighted by atomic mass is 79.9. The fraction of sp³-hybridized carbons (Fsp3) is 0.0667. The molecule has 3 nitrogen and oxygen atoms in total. The van der Waals surface area contributed by atoms with Gasteiger partial charge >= 0.3 is 5.97 Å². The molecular formula is C15H10BrNO2S2. The normalized spacial score (nSPS) is 10.5. The molecule has 0 atom stereocenters. The Kier molecular flexibility index (Phi) is 4.48. The van der Waals surface area contributed by atoms with Gasteiger partial charge in [-0.25, -0.2) is 9.78 Å². The van der Waals surface area contributed by atoms with Crippen LogP contribution in [0.2, 0.25) is 0 Å². The van der Waals surface area contributed by atoms with Gasteiger partial charge in [0.1, 0.15) is 11.6 Å². The van der Waals surface area contributed by atoms with Gasteiger partial charge in [0.15, 0.2) is 5.69 Å². The zero-order chi connectivity index (χ0) is 14.7. The second-order valence-corrected chi connectivity index (χ2v) is 6.94. The van der Waals surface area contributed by atoms with Gasteiger partial charge in [0.25, 0.3) is 0 Å². The minimum atomic E-state index is -0.392. The van der Waals surface area contributed by atoms with Crippen molar-refractivity contribution in [3.63, 3.8) is 0 Å². The molecule has 0 aliphatic rings. The number of carbonyl (C=O) groups is 1. The van der Waals surface area contributed by atoms with Crippen LogP contribution >= 0.6 is 38.6 Å². The molecule has 3 aromatic rings. The van der Waals surface area contributed by atoms with Crippen molar-refractivity contribution in [1.82, 2.24) is 4.98 Å². The third-order valence-electron chi connectivity index (χ3n) is 2.73. The Morgan fingerprint density at radius 3 is 2.71 bits per heavy atom. The average Bonchev–Trinajstić information content (AvgIpc) is 3.17. The van der Waals surface area contributed by atoms with Crippen LogP contribution < -0.4 is 0 Å². The quantitative estimate of drug-likeness (QED) is 0.599. The van der Waals surface area contributed by atoms with E-state index < -0.39 is 5.97 Å². The summed E-state index contributed by atoms with van der Waals surface area (Å²) in [6.45, 7) is 0.248. The lowest BCUT2D eigenvalue weighted by atomic mass is 10.2. The fourth-order valence-corrected chi connectivity index (χ4v) is 3.55. The molecule has 3 rings (SSSR count). The van der Waals surface area contributed by atoms with Gasteiger partial charge in [-0.15, -0.1) is 22.7 Å². The van der Waals surface area contributed by atoms with Crippen LogP contribution in [0.15, 0.2) is 51.6 Å². The standard InChI is InChI=1S/C15H10BrNO2S2/c16-11-5-3-10(4-6-11)8-19-15(18)12-9-21-14(17-12)13-2-1-7-20-13/h1-7,9H,8H2. The lowest BCUT2D eigenvalue weighted by Gasteiger charge is -2.03. The van der Waals surface area contributed by atoms with Crippen LogP contribution in [0.3, 0.4) is 0 Å². The van der Waals surface area contributed by atoms with Crippen molar-refractivity contribution >= 4 is 44.6 Å². The van der Waals surface area contributed by atoms with Crippen molar-refractivity contribution in [2.75, 3.05) is 0 Å². The molecule has 0 amide bonds. The molecule has 0 bridgehead atoms. The second-order valence-electron chi connectivity index (χ2n) is 4.22. The Hall–Kier alpha value is -1.50. The number of esters is 1. The van der Waals surface area contributed by atoms with Crippen LogP contribution in [-0.4, -0.2) is 11.0 Å². The van der Waals surface area contributed by atoms with Gasteiger partial charge in [0.05, 0.1) is 4.88 Å². The average molecular weight is 380 g/mol. The monoisotopic (exact) mass is 379 g/mol. The number of ether oxygens (including phenoxy) is 1. The van der Waals surface area contributed by atoms with E-state index in [1.165, 1.54) is 11.3 Å². The number of halogens is 1. The lowest BCUT2D eigenvalue weighted by molar-refractivity contribution is 0.0467. The van der Waals surface area contributed by atoms with Gasteiger partial charge in [-0.3, -0.25) is 0 Å². The van der Waals surface area contributed by atoms with Gasteiger partial charge in [-0.05, 0) is 29.1 Å². The van der Waals surface area contributed by atoms with E-state index in [9.17, 15) is 4.79 Å². The van der Waals surface area contributed by atoms with Crippen molar-refractivity contribution in [2.45, 2.75) is 6.61 Å². The molecule has 1 aromatic carbocycles. The third-order valence-corrected chi connectivity index (χ3v) is 5.14. The minimum absolute atomic E-state index is 0.248. The zero-order valence-corrected chi connectivity index (χ0v) is 14.0. The van der Waals surface area contributed by atoms with E-state index in [0.717, 1.165) is 19.9 Å². The third kappa shape index (κ3) is 3.58. The fourth-order valence-electron chi connectivity index (χ4n) is 1.68. The van der Waals surface area contributed by atoms with Crippen molar-refractivity contribution < 1.29 is 9.53 Å². The largest absolute Gasteiger partial charge is 0.456 e. The molecule has 0 unspecified atom stereocenters. The van der Waals surface area contributed by atoms with Gasteiger partial charge in [-0.2, -0.15) is 0 Å². The highest BCUT2D eigenvalue weighted by Crippen LogP contribution is 2.28. The second kappa shape index (κ2) is 6.51. The molecule has 0 saturated heterocycles. The molecule has 6 heteroatoms. The predicted molar refractivity (Wildman–Crippen MR) is 88.7 cm³/mol. The Balaban J connectivity index is 1.64. The minimum Gasteiger partial charge on any atom is -0.456 e. The number of hydrogen-bond donors (Lipinski definition) is 0. The summed E-state index contributed by atoms with van der Waals surface area (Å²) in [4.78, 5) is 17.4. The zero-order valence-electron chi connectivity index (χ0n) is 10.8. The summed E-state index contributed by atoms with van der Waals surface area (Å²) < 4.78 is 6.28. The van der Waals surface area contributed by atoms with Gasteiger partial charge in [0, 0.05) is 9.85 Å². The first-order valence-electron chi connectivity index (χ1n) is 6.13. The molecule has 0 aliphatic heterocycles. The van der Waals surface area contributed by atoms with E-state index in [1.54, 1.807) is 16.7 Å². The Labute approximate surface area is 138 Å². The Morgan fingerprint density at radius 2 is 2.00 bits per heavy atom. The maximum Gasteiger partial charge on any atom is 0.358 e. The first kappa shape index (κ1) is 14.4. The summed E-state index contributed by atoms with van der Waals surface area (Å²) >= 11 is 6.42. The Morgan fingerprint density at radius 1 is 1.19 bits per heavy atom. The molecule has 0 spiro atoms. The van der Waals surface area contributed by atoms with Crippen LogP contribution in [0.4, 0.5) is 0 Å². The maximum absolute atomic E-state index is 12.0. The summed E-state index contributed by atoms with van der Waals surface area (Å²) in [6.07, 6.45) is 0. The predicted octanol–water partition coefficient (Wildman–Crippen LogP) is 4.99. The number of thiazole rings is 1. The lowest BCUT2D eigenvalue weighted by Crippen LogP contribution is -2.05.